The Hall–Kier alpha value is -2.21. The SMILES string of the molecule is N#CC(C#N)=Cc1cc(Br)c(C(=O)c2ccccc2)c(Br)c1. The first-order valence-electron chi connectivity index (χ1n) is 6.17. The zero-order valence-electron chi connectivity index (χ0n) is 11.2. The number of hydrogen-bond donors (Lipinski definition) is 0. The van der Waals surface area contributed by atoms with Crippen LogP contribution in [-0.2, 0) is 0 Å². The van der Waals surface area contributed by atoms with Crippen LogP contribution in [0.3, 0.4) is 0 Å². The monoisotopic (exact) mass is 414 g/mol. The van der Waals surface area contributed by atoms with Gasteiger partial charge in [0, 0.05) is 14.5 Å². The molecule has 0 N–H and O–H groups in total. The number of carbonyl (C=O) groups excluding carboxylic acids is 1. The maximum Gasteiger partial charge on any atom is 0.195 e. The van der Waals surface area contributed by atoms with Gasteiger partial charge in [0.05, 0.1) is 5.56 Å². The van der Waals surface area contributed by atoms with Gasteiger partial charge in [-0.1, -0.05) is 30.3 Å². The highest BCUT2D eigenvalue weighted by Crippen LogP contribution is 2.30. The molecule has 0 amide bonds. The number of allylic oxidation sites excluding steroid dienone is 1. The first kappa shape index (κ1) is 16.2. The normalized spacial score (nSPS) is 9.45. The van der Waals surface area contributed by atoms with Crippen molar-refractivity contribution in [2.75, 3.05) is 0 Å². The molecule has 0 aliphatic heterocycles. The summed E-state index contributed by atoms with van der Waals surface area (Å²) in [7, 11) is 0. The number of rotatable bonds is 3. The molecule has 0 radical (unpaired) electrons. The fourth-order valence-corrected chi connectivity index (χ4v) is 3.47. The fourth-order valence-electron chi connectivity index (χ4n) is 1.88. The van der Waals surface area contributed by atoms with Crippen molar-refractivity contribution in [3.63, 3.8) is 0 Å². The van der Waals surface area contributed by atoms with Crippen LogP contribution in [0.15, 0.2) is 57.0 Å². The minimum absolute atomic E-state index is 0.000867. The molecule has 0 bridgehead atoms. The van der Waals surface area contributed by atoms with Gasteiger partial charge in [0.1, 0.15) is 17.7 Å². The summed E-state index contributed by atoms with van der Waals surface area (Å²) < 4.78 is 1.19. The van der Waals surface area contributed by atoms with Crippen molar-refractivity contribution in [2.24, 2.45) is 0 Å². The van der Waals surface area contributed by atoms with Crippen LogP contribution in [0.25, 0.3) is 6.08 Å². The van der Waals surface area contributed by atoms with Gasteiger partial charge in [-0.05, 0) is 55.6 Å². The van der Waals surface area contributed by atoms with Crippen molar-refractivity contribution in [1.29, 1.82) is 10.5 Å². The highest BCUT2D eigenvalue weighted by atomic mass is 79.9. The smallest absolute Gasteiger partial charge is 0.195 e. The summed E-state index contributed by atoms with van der Waals surface area (Å²) in [6.07, 6.45) is 1.46. The topological polar surface area (TPSA) is 64.7 Å². The van der Waals surface area contributed by atoms with E-state index in [-0.39, 0.29) is 11.4 Å². The number of carbonyl (C=O) groups is 1. The second-order valence-electron chi connectivity index (χ2n) is 4.34. The summed E-state index contributed by atoms with van der Waals surface area (Å²) in [5, 5.41) is 17.6. The lowest BCUT2D eigenvalue weighted by molar-refractivity contribution is 0.103. The molecular weight excluding hydrogens is 408 g/mol. The van der Waals surface area contributed by atoms with Crippen molar-refractivity contribution in [2.45, 2.75) is 0 Å². The molecule has 2 aromatic carbocycles. The molecule has 2 aromatic rings. The average Bonchev–Trinajstić information content (AvgIpc) is 2.52. The Bertz CT molecular complexity index is 804. The second kappa shape index (κ2) is 7.17. The van der Waals surface area contributed by atoms with Crippen LogP contribution in [0.5, 0.6) is 0 Å². The summed E-state index contributed by atoms with van der Waals surface area (Å²) in [5.74, 6) is -0.115. The third kappa shape index (κ3) is 3.51. The van der Waals surface area contributed by atoms with E-state index in [1.807, 2.05) is 6.07 Å². The summed E-state index contributed by atoms with van der Waals surface area (Å²) in [6, 6.07) is 16.0. The molecule has 0 aromatic heterocycles. The van der Waals surface area contributed by atoms with Crippen LogP contribution in [-0.4, -0.2) is 5.78 Å². The van der Waals surface area contributed by atoms with Crippen LogP contribution in [0.1, 0.15) is 21.5 Å². The zero-order chi connectivity index (χ0) is 16.1. The highest BCUT2D eigenvalue weighted by molar-refractivity contribution is 9.11. The quantitative estimate of drug-likeness (QED) is 0.530. The van der Waals surface area contributed by atoms with Gasteiger partial charge in [-0.25, -0.2) is 0 Å². The lowest BCUT2D eigenvalue weighted by atomic mass is 10.0. The van der Waals surface area contributed by atoms with Crippen molar-refractivity contribution < 1.29 is 4.79 Å². The summed E-state index contributed by atoms with van der Waals surface area (Å²) in [6.45, 7) is 0. The Morgan fingerprint density at radius 1 is 1.00 bits per heavy atom. The van der Waals surface area contributed by atoms with E-state index < -0.39 is 0 Å². The van der Waals surface area contributed by atoms with E-state index >= 15 is 0 Å². The van der Waals surface area contributed by atoms with Crippen LogP contribution < -0.4 is 0 Å². The lowest BCUT2D eigenvalue weighted by Crippen LogP contribution is -2.03. The van der Waals surface area contributed by atoms with E-state index in [9.17, 15) is 4.79 Å². The number of ketones is 1. The maximum atomic E-state index is 12.6. The van der Waals surface area contributed by atoms with Gasteiger partial charge >= 0.3 is 0 Å². The van der Waals surface area contributed by atoms with Crippen molar-refractivity contribution in [1.82, 2.24) is 0 Å². The Labute approximate surface area is 144 Å². The molecule has 0 heterocycles. The summed E-state index contributed by atoms with van der Waals surface area (Å²) in [5.41, 5.74) is 1.74. The Kier molecular flexibility index (Phi) is 5.27. The lowest BCUT2D eigenvalue weighted by Gasteiger charge is -2.08. The largest absolute Gasteiger partial charge is 0.289 e. The summed E-state index contributed by atoms with van der Waals surface area (Å²) in [4.78, 5) is 12.6. The molecule has 22 heavy (non-hydrogen) atoms. The molecule has 0 unspecified atom stereocenters. The van der Waals surface area contributed by atoms with Gasteiger partial charge in [-0.2, -0.15) is 10.5 Å². The third-order valence-electron chi connectivity index (χ3n) is 2.88. The van der Waals surface area contributed by atoms with Crippen LogP contribution in [0, 0.1) is 22.7 Å². The van der Waals surface area contributed by atoms with Gasteiger partial charge < -0.3 is 0 Å². The van der Waals surface area contributed by atoms with E-state index in [1.165, 1.54) is 6.08 Å². The molecule has 106 valence electrons. The van der Waals surface area contributed by atoms with Crippen molar-refractivity contribution in [3.05, 3.63) is 73.7 Å². The van der Waals surface area contributed by atoms with Crippen LogP contribution >= 0.6 is 31.9 Å². The molecule has 3 nitrogen and oxygen atoms in total. The van der Waals surface area contributed by atoms with E-state index in [2.05, 4.69) is 31.9 Å². The van der Waals surface area contributed by atoms with E-state index in [4.69, 9.17) is 10.5 Å². The van der Waals surface area contributed by atoms with Gasteiger partial charge in [0.25, 0.3) is 0 Å². The van der Waals surface area contributed by atoms with E-state index in [1.54, 1.807) is 48.5 Å². The van der Waals surface area contributed by atoms with Gasteiger partial charge in [0.15, 0.2) is 5.78 Å². The fraction of sp³-hybridized carbons (Fsp3) is 0. The zero-order valence-corrected chi connectivity index (χ0v) is 14.3. The van der Waals surface area contributed by atoms with E-state index in [0.29, 0.717) is 25.6 Å². The standard InChI is InChI=1S/C17H8Br2N2O/c18-14-7-11(6-12(9-20)10-21)8-15(19)16(14)17(22)13-4-2-1-3-5-13/h1-8H. The highest BCUT2D eigenvalue weighted by Gasteiger charge is 2.16. The molecule has 0 saturated carbocycles. The first-order chi connectivity index (χ1) is 10.6. The Morgan fingerprint density at radius 3 is 2.05 bits per heavy atom. The van der Waals surface area contributed by atoms with Crippen LogP contribution in [0.4, 0.5) is 0 Å². The predicted octanol–water partition coefficient (Wildman–Crippen LogP) is 4.87. The summed E-state index contributed by atoms with van der Waals surface area (Å²) >= 11 is 6.77. The third-order valence-corrected chi connectivity index (χ3v) is 4.13. The second-order valence-corrected chi connectivity index (χ2v) is 6.04. The number of hydrogen-bond acceptors (Lipinski definition) is 3. The Balaban J connectivity index is 2.49. The van der Waals surface area contributed by atoms with Crippen LogP contribution in [0.2, 0.25) is 0 Å². The minimum Gasteiger partial charge on any atom is -0.289 e. The molecule has 0 fully saturated rings. The number of halogens is 2. The van der Waals surface area contributed by atoms with Crippen molar-refractivity contribution >= 4 is 43.7 Å². The molecule has 0 spiro atoms. The number of nitrogens with zero attached hydrogens (tertiary/aromatic N) is 2. The molecule has 5 heteroatoms. The minimum atomic E-state index is -0.115. The Morgan fingerprint density at radius 2 is 1.55 bits per heavy atom. The molecule has 0 atom stereocenters. The molecular formula is C17H8Br2N2O. The number of benzene rings is 2. The average molecular weight is 416 g/mol. The molecule has 0 aliphatic rings. The molecule has 0 aliphatic carbocycles. The van der Waals surface area contributed by atoms with E-state index in [0.717, 1.165) is 0 Å². The molecule has 0 saturated heterocycles. The predicted molar refractivity (Wildman–Crippen MR) is 90.9 cm³/mol. The molecule has 2 rings (SSSR count). The maximum absolute atomic E-state index is 12.6. The van der Waals surface area contributed by atoms with Gasteiger partial charge in [0.2, 0.25) is 0 Å². The first-order valence-corrected chi connectivity index (χ1v) is 7.76. The van der Waals surface area contributed by atoms with Gasteiger partial charge in [-0.3, -0.25) is 4.79 Å². The number of nitriles is 2. The van der Waals surface area contributed by atoms with Gasteiger partial charge in [-0.15, -0.1) is 0 Å². The van der Waals surface area contributed by atoms with Crippen molar-refractivity contribution in [3.8, 4) is 12.1 Å².